The molecular formula is C31H44O4. The van der Waals surface area contributed by atoms with Gasteiger partial charge in [0.25, 0.3) is 0 Å². The number of hydrogen-bond donors (Lipinski definition) is 3. The Morgan fingerprint density at radius 1 is 1.23 bits per heavy atom. The molecule has 0 spiro atoms. The molecule has 3 fully saturated rings. The Balaban J connectivity index is 1.45. The minimum absolute atomic E-state index is 0.267. The Hall–Kier alpha value is -1.88. The summed E-state index contributed by atoms with van der Waals surface area (Å²) in [4.78, 5) is 0. The van der Waals surface area contributed by atoms with Crippen LogP contribution in [-0.2, 0) is 5.60 Å². The van der Waals surface area contributed by atoms with Gasteiger partial charge in [-0.15, -0.1) is 0 Å². The fourth-order valence-electron chi connectivity index (χ4n) is 6.99. The number of aliphatic hydroxyl groups is 3. The van der Waals surface area contributed by atoms with Crippen LogP contribution in [-0.4, -0.2) is 34.1 Å². The summed E-state index contributed by atoms with van der Waals surface area (Å²) in [5.41, 5.74) is 3.52. The van der Waals surface area contributed by atoms with Crippen LogP contribution in [0.25, 0.3) is 0 Å². The van der Waals surface area contributed by atoms with E-state index in [9.17, 15) is 15.3 Å². The van der Waals surface area contributed by atoms with E-state index in [4.69, 9.17) is 4.74 Å². The molecule has 6 atom stereocenters. The summed E-state index contributed by atoms with van der Waals surface area (Å²) in [5, 5.41) is 30.6. The van der Waals surface area contributed by atoms with Gasteiger partial charge in [0, 0.05) is 6.42 Å². The van der Waals surface area contributed by atoms with Gasteiger partial charge in [0.1, 0.15) is 5.75 Å². The van der Waals surface area contributed by atoms with E-state index in [0.717, 1.165) is 28.9 Å². The summed E-state index contributed by atoms with van der Waals surface area (Å²) in [6.45, 7) is 13.2. The highest BCUT2D eigenvalue weighted by molar-refractivity contribution is 5.38. The van der Waals surface area contributed by atoms with Gasteiger partial charge in [0.15, 0.2) is 0 Å². The van der Waals surface area contributed by atoms with Crippen molar-refractivity contribution >= 4 is 0 Å². The van der Waals surface area contributed by atoms with E-state index < -0.39 is 17.8 Å². The van der Waals surface area contributed by atoms with Gasteiger partial charge in [-0.05, 0) is 104 Å². The highest BCUT2D eigenvalue weighted by Gasteiger charge is 2.50. The van der Waals surface area contributed by atoms with Crippen molar-refractivity contribution in [2.75, 3.05) is 6.61 Å². The molecule has 3 N–H and O–H groups in total. The number of aliphatic hydroxyl groups excluding tert-OH is 2. The predicted molar refractivity (Wildman–Crippen MR) is 141 cm³/mol. The summed E-state index contributed by atoms with van der Waals surface area (Å²) in [6.07, 6.45) is 10.2. The molecule has 1 aromatic carbocycles. The van der Waals surface area contributed by atoms with Crippen LogP contribution in [0.1, 0.15) is 78.2 Å². The molecule has 0 aromatic heterocycles. The van der Waals surface area contributed by atoms with Crippen LogP contribution in [0.2, 0.25) is 0 Å². The van der Waals surface area contributed by atoms with Crippen molar-refractivity contribution < 1.29 is 20.1 Å². The third-order valence-electron chi connectivity index (χ3n) is 9.04. The molecule has 0 aliphatic heterocycles. The maximum Gasteiger partial charge on any atom is 0.119 e. The third-order valence-corrected chi connectivity index (χ3v) is 9.04. The summed E-state index contributed by atoms with van der Waals surface area (Å²) in [7, 11) is 0. The van der Waals surface area contributed by atoms with Crippen molar-refractivity contribution in [3.05, 3.63) is 65.3 Å². The van der Waals surface area contributed by atoms with E-state index in [1.807, 2.05) is 24.3 Å². The summed E-state index contributed by atoms with van der Waals surface area (Å²) >= 11 is 0. The van der Waals surface area contributed by atoms with Crippen LogP contribution in [0, 0.1) is 23.2 Å². The summed E-state index contributed by atoms with van der Waals surface area (Å²) in [6, 6.07) is 7.82. The van der Waals surface area contributed by atoms with Crippen LogP contribution >= 0.6 is 0 Å². The molecule has 0 bridgehead atoms. The Morgan fingerprint density at radius 3 is 2.74 bits per heavy atom. The number of rotatable bonds is 6. The first-order valence-electron chi connectivity index (χ1n) is 13.4. The second-order valence-electron chi connectivity index (χ2n) is 12.0. The van der Waals surface area contributed by atoms with Crippen molar-refractivity contribution in [1.82, 2.24) is 0 Å². The topological polar surface area (TPSA) is 69.9 Å². The maximum atomic E-state index is 10.3. The second kappa shape index (κ2) is 10.2. The molecule has 0 saturated heterocycles. The van der Waals surface area contributed by atoms with Crippen LogP contribution in [0.3, 0.4) is 0 Å². The second-order valence-corrected chi connectivity index (χ2v) is 12.0. The number of allylic oxidation sites excluding steroid dienone is 3. The lowest BCUT2D eigenvalue weighted by molar-refractivity contribution is 0.0727. The van der Waals surface area contributed by atoms with Gasteiger partial charge in [-0.25, -0.2) is 0 Å². The molecule has 4 nitrogen and oxygen atoms in total. The molecule has 4 rings (SSSR count). The molecule has 0 amide bonds. The molecule has 2 unspecified atom stereocenters. The molecule has 0 radical (unpaired) electrons. The highest BCUT2D eigenvalue weighted by Crippen LogP contribution is 2.59. The Bertz CT molecular complexity index is 984. The molecule has 0 heterocycles. The van der Waals surface area contributed by atoms with Gasteiger partial charge < -0.3 is 20.1 Å². The molecule has 192 valence electrons. The van der Waals surface area contributed by atoms with Gasteiger partial charge in [-0.2, -0.15) is 0 Å². The first-order valence-corrected chi connectivity index (χ1v) is 13.4. The maximum absolute atomic E-state index is 10.3. The zero-order chi connectivity index (χ0) is 25.4. The number of fused-ring (bicyclic) bond motifs is 1. The summed E-state index contributed by atoms with van der Waals surface area (Å²) < 4.78 is 6.23. The molecule has 3 saturated carbocycles. The van der Waals surface area contributed by atoms with E-state index >= 15 is 0 Å². The normalized spacial score (nSPS) is 34.8. The lowest BCUT2D eigenvalue weighted by atomic mass is 9.61. The molecule has 4 heteroatoms. The smallest absolute Gasteiger partial charge is 0.119 e. The fraction of sp³-hybridized carbons (Fsp3) is 0.613. The number of benzene rings is 1. The lowest BCUT2D eigenvalue weighted by Crippen LogP contribution is -2.37. The van der Waals surface area contributed by atoms with Crippen molar-refractivity contribution in [2.24, 2.45) is 23.2 Å². The largest absolute Gasteiger partial charge is 0.493 e. The Morgan fingerprint density at radius 2 is 2.00 bits per heavy atom. The van der Waals surface area contributed by atoms with Crippen LogP contribution in [0.4, 0.5) is 0 Å². The van der Waals surface area contributed by atoms with E-state index in [1.165, 1.54) is 31.3 Å². The zero-order valence-electron chi connectivity index (χ0n) is 22.0. The van der Waals surface area contributed by atoms with Gasteiger partial charge in [0.05, 0.1) is 24.4 Å². The lowest BCUT2D eigenvalue weighted by Gasteiger charge is -2.44. The van der Waals surface area contributed by atoms with Crippen molar-refractivity contribution in [3.63, 3.8) is 0 Å². The standard InChI is InChI=1S/C31H44O4/c1-20(19-35-26-10-6-9-24(17-26)30(3,4)34)27-13-14-28-22(8-7-15-31(27,28)5)11-12-23-16-25(32)18-29(33)21(23)2/h6,9-12,17,20,25,27-29,32-34H,2,7-8,13-16,18-19H2,1,3-5H3/b22-11+,23-12-/t20-,25+,27?,28?,29-,31+/m0/s1. The minimum Gasteiger partial charge on any atom is -0.493 e. The molecule has 3 aliphatic rings. The van der Waals surface area contributed by atoms with Crippen LogP contribution in [0.15, 0.2) is 59.7 Å². The summed E-state index contributed by atoms with van der Waals surface area (Å²) in [5.74, 6) is 2.45. The predicted octanol–water partition coefficient (Wildman–Crippen LogP) is 6.07. The van der Waals surface area contributed by atoms with E-state index in [-0.39, 0.29) is 5.41 Å². The molecule has 35 heavy (non-hydrogen) atoms. The van der Waals surface area contributed by atoms with Gasteiger partial charge >= 0.3 is 0 Å². The van der Waals surface area contributed by atoms with E-state index in [1.54, 1.807) is 13.8 Å². The van der Waals surface area contributed by atoms with Crippen molar-refractivity contribution in [2.45, 2.75) is 90.4 Å². The first-order chi connectivity index (χ1) is 16.5. The average Bonchev–Trinajstić information content (AvgIpc) is 3.16. The zero-order valence-corrected chi connectivity index (χ0v) is 22.0. The Kier molecular flexibility index (Phi) is 7.66. The number of ether oxygens (including phenoxy) is 1. The Labute approximate surface area is 211 Å². The minimum atomic E-state index is -0.878. The SMILES string of the molecule is C=C1/C(=C\C=C2/CCC[C@@]3(C)C2CCC3[C@@H](C)COc2cccc(C(C)(C)O)c2)C[C@@H](O)C[C@@H]1O. The average molecular weight is 481 g/mol. The molecular weight excluding hydrogens is 436 g/mol. The van der Waals surface area contributed by atoms with Gasteiger partial charge in [0.2, 0.25) is 0 Å². The number of hydrogen-bond acceptors (Lipinski definition) is 4. The monoisotopic (exact) mass is 480 g/mol. The molecule has 1 aromatic rings. The first kappa shape index (κ1) is 26.2. The van der Waals surface area contributed by atoms with Gasteiger partial charge in [-0.1, -0.05) is 50.3 Å². The quantitative estimate of drug-likeness (QED) is 0.462. The van der Waals surface area contributed by atoms with E-state index in [0.29, 0.717) is 37.2 Å². The van der Waals surface area contributed by atoms with Crippen molar-refractivity contribution in [3.8, 4) is 5.75 Å². The van der Waals surface area contributed by atoms with Gasteiger partial charge in [-0.3, -0.25) is 0 Å². The molecule has 3 aliphatic carbocycles. The van der Waals surface area contributed by atoms with Crippen molar-refractivity contribution in [1.29, 1.82) is 0 Å². The van der Waals surface area contributed by atoms with E-state index in [2.05, 4.69) is 32.6 Å². The fourth-order valence-corrected chi connectivity index (χ4v) is 6.99. The third kappa shape index (κ3) is 5.60. The van der Waals surface area contributed by atoms with Crippen LogP contribution in [0.5, 0.6) is 5.75 Å². The van der Waals surface area contributed by atoms with Crippen LogP contribution < -0.4 is 4.74 Å². The highest BCUT2D eigenvalue weighted by atomic mass is 16.5.